The molecule has 13 heteroatoms. The molecule has 1 amide bonds. The summed E-state index contributed by atoms with van der Waals surface area (Å²) in [5, 5.41) is 37.6. The molecular weight excluding hydrogens is 495 g/mol. The van der Waals surface area contributed by atoms with Crippen molar-refractivity contribution >= 4 is 23.4 Å². The first-order valence-electron chi connectivity index (χ1n) is 10.9. The van der Waals surface area contributed by atoms with Crippen molar-refractivity contribution in [1.29, 1.82) is 5.26 Å². The summed E-state index contributed by atoms with van der Waals surface area (Å²) >= 11 is 0. The van der Waals surface area contributed by atoms with Crippen LogP contribution in [0.5, 0.6) is 5.75 Å². The average Bonchev–Trinajstić information content (AvgIpc) is 3.35. The number of carboxylic acids is 1. The lowest BCUT2D eigenvalue weighted by Crippen LogP contribution is -2.43. The van der Waals surface area contributed by atoms with Crippen molar-refractivity contribution in [3.05, 3.63) is 48.0 Å². The zero-order chi connectivity index (χ0) is 27.2. The van der Waals surface area contributed by atoms with Gasteiger partial charge >= 0.3 is 12.1 Å². The van der Waals surface area contributed by atoms with Gasteiger partial charge < -0.3 is 30.3 Å². The number of piperazine rings is 1. The van der Waals surface area contributed by atoms with Crippen molar-refractivity contribution in [2.45, 2.75) is 13.1 Å². The van der Waals surface area contributed by atoms with E-state index in [1.165, 1.54) is 6.92 Å². The molecule has 0 aliphatic carbocycles. The third-order valence-corrected chi connectivity index (χ3v) is 5.24. The monoisotopic (exact) mass is 517 g/mol. The Morgan fingerprint density at radius 3 is 2.41 bits per heavy atom. The first-order valence-corrected chi connectivity index (χ1v) is 10.9. The Bertz CT molecular complexity index is 1330. The van der Waals surface area contributed by atoms with Crippen molar-refractivity contribution in [2.24, 2.45) is 0 Å². The molecule has 0 atom stereocenters. The molecule has 0 unspecified atom stereocenters. The predicted molar refractivity (Wildman–Crippen MR) is 127 cm³/mol. The van der Waals surface area contributed by atoms with Crippen molar-refractivity contribution in [2.75, 3.05) is 36.4 Å². The lowest BCUT2D eigenvalue weighted by molar-refractivity contribution is -0.192. The van der Waals surface area contributed by atoms with Gasteiger partial charge in [0.05, 0.1) is 16.8 Å². The number of nitriles is 1. The molecule has 0 bridgehead atoms. The van der Waals surface area contributed by atoms with Gasteiger partial charge in [-0.3, -0.25) is 4.79 Å². The van der Waals surface area contributed by atoms with Crippen LogP contribution in [0.25, 0.3) is 22.5 Å². The first-order chi connectivity index (χ1) is 17.5. The van der Waals surface area contributed by atoms with Gasteiger partial charge in [0.15, 0.2) is 11.6 Å². The zero-order valence-electron chi connectivity index (χ0n) is 19.5. The minimum Gasteiger partial charge on any atom is -0.507 e. The van der Waals surface area contributed by atoms with E-state index in [0.717, 1.165) is 32.0 Å². The number of aromatic hydroxyl groups is 1. The van der Waals surface area contributed by atoms with Crippen LogP contribution in [0.2, 0.25) is 0 Å². The molecule has 0 saturated carbocycles. The maximum atomic E-state index is 11.3. The SMILES string of the molecule is CC(=O)Nc1ccc(-c2cccc(-c3cc(N4CCNCC4)no3)c2O)cc1C#N.O=C(O)C(F)(F)F. The van der Waals surface area contributed by atoms with Gasteiger partial charge in [-0.25, -0.2) is 4.79 Å². The summed E-state index contributed by atoms with van der Waals surface area (Å²) in [6, 6.07) is 14.3. The number of nitrogens with one attached hydrogen (secondary N) is 2. The quantitative estimate of drug-likeness (QED) is 0.407. The molecule has 3 aromatic rings. The van der Waals surface area contributed by atoms with Crippen LogP contribution >= 0.6 is 0 Å². The van der Waals surface area contributed by atoms with Crippen molar-refractivity contribution < 1.29 is 37.5 Å². The van der Waals surface area contributed by atoms with Crippen LogP contribution in [0, 0.1) is 11.3 Å². The largest absolute Gasteiger partial charge is 0.507 e. The first kappa shape index (κ1) is 27.0. The van der Waals surface area contributed by atoms with E-state index in [1.807, 2.05) is 12.1 Å². The topological polar surface area (TPSA) is 152 Å². The fourth-order valence-corrected chi connectivity index (χ4v) is 3.51. The Morgan fingerprint density at radius 2 is 1.81 bits per heavy atom. The number of phenols is 1. The third kappa shape index (κ3) is 6.77. The fourth-order valence-electron chi connectivity index (χ4n) is 3.51. The lowest BCUT2D eigenvalue weighted by atomic mass is 9.98. The van der Waals surface area contributed by atoms with E-state index in [1.54, 1.807) is 30.3 Å². The minimum absolute atomic E-state index is 0.0386. The van der Waals surface area contributed by atoms with E-state index >= 15 is 0 Å². The maximum Gasteiger partial charge on any atom is 0.490 e. The summed E-state index contributed by atoms with van der Waals surface area (Å²) in [5.41, 5.74) is 2.47. The zero-order valence-corrected chi connectivity index (χ0v) is 19.5. The number of rotatable bonds is 4. The number of aromatic nitrogens is 1. The molecule has 37 heavy (non-hydrogen) atoms. The number of carbonyl (C=O) groups excluding carboxylic acids is 1. The number of anilines is 2. The van der Waals surface area contributed by atoms with Gasteiger partial charge in [-0.05, 0) is 23.8 Å². The highest BCUT2D eigenvalue weighted by molar-refractivity contribution is 5.91. The van der Waals surface area contributed by atoms with Crippen LogP contribution < -0.4 is 15.5 Å². The molecule has 0 radical (unpaired) electrons. The normalized spacial score (nSPS) is 13.2. The number of amides is 1. The summed E-state index contributed by atoms with van der Waals surface area (Å²) in [4.78, 5) is 22.3. The number of alkyl halides is 3. The number of para-hydroxylation sites is 1. The van der Waals surface area contributed by atoms with Crippen molar-refractivity contribution in [1.82, 2.24) is 10.5 Å². The van der Waals surface area contributed by atoms with Gasteiger partial charge in [0.2, 0.25) is 5.91 Å². The second kappa shape index (κ2) is 11.4. The Balaban J connectivity index is 0.000000479. The Morgan fingerprint density at radius 1 is 1.16 bits per heavy atom. The molecular formula is C24H22F3N5O5. The van der Waals surface area contributed by atoms with E-state index < -0.39 is 12.1 Å². The molecule has 2 heterocycles. The molecule has 4 rings (SSSR count). The van der Waals surface area contributed by atoms with Gasteiger partial charge in [0, 0.05) is 44.7 Å². The maximum absolute atomic E-state index is 11.3. The Hall–Kier alpha value is -4.57. The highest BCUT2D eigenvalue weighted by Gasteiger charge is 2.38. The van der Waals surface area contributed by atoms with E-state index in [2.05, 4.69) is 26.8 Å². The lowest BCUT2D eigenvalue weighted by Gasteiger charge is -2.26. The van der Waals surface area contributed by atoms with E-state index in [4.69, 9.17) is 14.4 Å². The van der Waals surface area contributed by atoms with Gasteiger partial charge in [0.25, 0.3) is 0 Å². The molecule has 2 aromatic carbocycles. The van der Waals surface area contributed by atoms with Crippen LogP contribution in [0.3, 0.4) is 0 Å². The summed E-state index contributed by atoms with van der Waals surface area (Å²) in [7, 11) is 0. The molecule has 1 saturated heterocycles. The molecule has 1 aliphatic heterocycles. The summed E-state index contributed by atoms with van der Waals surface area (Å²) in [6.45, 7) is 4.85. The summed E-state index contributed by atoms with van der Waals surface area (Å²) < 4.78 is 37.2. The number of halogens is 3. The molecule has 0 spiro atoms. The smallest absolute Gasteiger partial charge is 0.490 e. The third-order valence-electron chi connectivity index (χ3n) is 5.24. The minimum atomic E-state index is -5.08. The van der Waals surface area contributed by atoms with Crippen LogP contribution in [0.4, 0.5) is 24.7 Å². The van der Waals surface area contributed by atoms with Crippen molar-refractivity contribution in [3.8, 4) is 34.3 Å². The molecule has 1 aromatic heterocycles. The van der Waals surface area contributed by atoms with E-state index in [0.29, 0.717) is 33.7 Å². The second-order valence-corrected chi connectivity index (χ2v) is 7.84. The van der Waals surface area contributed by atoms with Gasteiger partial charge in [0.1, 0.15) is 11.8 Å². The van der Waals surface area contributed by atoms with Crippen molar-refractivity contribution in [3.63, 3.8) is 0 Å². The Labute approximate surface area is 208 Å². The molecule has 10 nitrogen and oxygen atoms in total. The standard InChI is InChI=1S/C22H21N5O3.C2HF3O2/c1-14(28)25-19-6-5-15(11-16(19)13-23)17-3-2-4-18(22(17)29)20-12-21(26-30-20)27-9-7-24-8-10-27;3-2(4,5)1(6)7/h2-6,11-12,24,29H,7-10H2,1H3,(H,25,28);(H,6,7). The molecule has 4 N–H and O–H groups in total. The van der Waals surface area contributed by atoms with Crippen LogP contribution in [-0.2, 0) is 9.59 Å². The Kier molecular flexibility index (Phi) is 8.36. The number of nitrogens with zero attached hydrogens (tertiary/aromatic N) is 3. The van der Waals surface area contributed by atoms with Crippen LogP contribution in [-0.4, -0.2) is 59.6 Å². The predicted octanol–water partition coefficient (Wildman–Crippen LogP) is 3.59. The number of aliphatic carboxylic acids is 1. The van der Waals surface area contributed by atoms with E-state index in [9.17, 15) is 28.3 Å². The van der Waals surface area contributed by atoms with E-state index in [-0.39, 0.29) is 11.7 Å². The molecule has 1 aliphatic rings. The van der Waals surface area contributed by atoms with Gasteiger partial charge in [-0.1, -0.05) is 23.4 Å². The highest BCUT2D eigenvalue weighted by Crippen LogP contribution is 2.39. The summed E-state index contributed by atoms with van der Waals surface area (Å²) in [5.74, 6) is -1.76. The number of carboxylic acid groups (broad SMARTS) is 1. The number of benzene rings is 2. The number of phenolic OH excluding ortho intramolecular Hbond substituents is 1. The number of hydrogen-bond donors (Lipinski definition) is 4. The molecule has 194 valence electrons. The number of hydrogen-bond acceptors (Lipinski definition) is 8. The van der Waals surface area contributed by atoms with Crippen LogP contribution in [0.1, 0.15) is 12.5 Å². The number of carbonyl (C=O) groups is 2. The highest BCUT2D eigenvalue weighted by atomic mass is 19.4. The van der Waals surface area contributed by atoms with Gasteiger partial charge in [-0.2, -0.15) is 18.4 Å². The second-order valence-electron chi connectivity index (χ2n) is 7.84. The molecule has 1 fully saturated rings. The van der Waals surface area contributed by atoms with Crippen LogP contribution in [0.15, 0.2) is 47.0 Å². The van der Waals surface area contributed by atoms with Gasteiger partial charge in [-0.15, -0.1) is 0 Å². The summed E-state index contributed by atoms with van der Waals surface area (Å²) in [6.07, 6.45) is -5.08. The fraction of sp³-hybridized carbons (Fsp3) is 0.250. The average molecular weight is 517 g/mol.